The van der Waals surface area contributed by atoms with E-state index in [1.165, 1.54) is 10.9 Å². The lowest BCUT2D eigenvalue weighted by atomic mass is 9.95. The van der Waals surface area contributed by atoms with Crippen LogP contribution in [0.4, 0.5) is 0 Å². The molecule has 0 unspecified atom stereocenters. The van der Waals surface area contributed by atoms with Crippen LogP contribution in [0.1, 0.15) is 12.5 Å². The van der Waals surface area contributed by atoms with Crippen LogP contribution in [-0.4, -0.2) is 18.1 Å². The fourth-order valence-electron chi connectivity index (χ4n) is 3.42. The zero-order valence-electron chi connectivity index (χ0n) is 12.7. The number of halogens is 2. The van der Waals surface area contributed by atoms with E-state index in [2.05, 4.69) is 40.7 Å². The summed E-state index contributed by atoms with van der Waals surface area (Å²) in [6.07, 6.45) is 0. The highest BCUT2D eigenvalue weighted by atomic mass is 35.5. The van der Waals surface area contributed by atoms with Gasteiger partial charge in [-0.2, -0.15) is 0 Å². The van der Waals surface area contributed by atoms with Crippen LogP contribution in [0.5, 0.6) is 0 Å². The monoisotopic (exact) mass is 345 g/mol. The maximum Gasteiger partial charge on any atom is 0.0949 e. The van der Waals surface area contributed by atoms with Crippen LogP contribution in [0, 0.1) is 0 Å². The van der Waals surface area contributed by atoms with Crippen LogP contribution in [0.25, 0.3) is 22.2 Å². The molecule has 23 heavy (non-hydrogen) atoms. The second-order valence-corrected chi connectivity index (χ2v) is 6.87. The van der Waals surface area contributed by atoms with Gasteiger partial charge in [0.15, 0.2) is 0 Å². The zero-order chi connectivity index (χ0) is 16.0. The Kier molecular flexibility index (Phi) is 3.62. The largest absolute Gasteiger partial charge is 0.354 e. The van der Waals surface area contributed by atoms with Crippen molar-refractivity contribution in [2.24, 2.45) is 0 Å². The Morgan fingerprint density at radius 1 is 1.00 bits per heavy atom. The Hall–Kier alpha value is -1.52. The fraction of sp³-hybridized carbons (Fsp3) is 0.222. The highest BCUT2D eigenvalue weighted by Gasteiger charge is 2.35. The number of rotatable bonds is 2. The Bertz CT molecular complexity index is 879. The summed E-state index contributed by atoms with van der Waals surface area (Å²) >= 11 is 12.5. The molecule has 0 saturated carbocycles. The summed E-state index contributed by atoms with van der Waals surface area (Å²) < 4.78 is 0. The Balaban J connectivity index is 2.02. The van der Waals surface area contributed by atoms with E-state index in [1.54, 1.807) is 6.07 Å². The topological polar surface area (TPSA) is 39.9 Å². The van der Waals surface area contributed by atoms with E-state index in [4.69, 9.17) is 23.2 Å². The van der Waals surface area contributed by atoms with Gasteiger partial charge in [0.1, 0.15) is 0 Å². The van der Waals surface area contributed by atoms with Gasteiger partial charge >= 0.3 is 0 Å². The third-order valence-electron chi connectivity index (χ3n) is 4.49. The lowest BCUT2D eigenvalue weighted by molar-refractivity contribution is 0.390. The standard InChI is InChI=1S/C18H17Cl2N3/c1-18(21-8-9-22-18)16-13-4-2-3-5-15(13)23-17(16)12-7-6-11(19)10-14(12)20/h2-7,10,21-23H,8-9H2,1H3. The van der Waals surface area contributed by atoms with Gasteiger partial charge in [0, 0.05) is 40.1 Å². The molecule has 1 aliphatic rings. The van der Waals surface area contributed by atoms with Gasteiger partial charge in [-0.25, -0.2) is 0 Å². The maximum absolute atomic E-state index is 6.47. The van der Waals surface area contributed by atoms with Crippen molar-refractivity contribution in [3.63, 3.8) is 0 Å². The van der Waals surface area contributed by atoms with Crippen molar-refractivity contribution in [2.75, 3.05) is 13.1 Å². The minimum Gasteiger partial charge on any atom is -0.354 e. The fourth-order valence-corrected chi connectivity index (χ4v) is 3.92. The molecule has 118 valence electrons. The number of fused-ring (bicyclic) bond motifs is 1. The summed E-state index contributed by atoms with van der Waals surface area (Å²) in [5, 5.41) is 9.61. The number of para-hydroxylation sites is 1. The van der Waals surface area contributed by atoms with E-state index in [0.717, 1.165) is 29.9 Å². The number of aromatic nitrogens is 1. The molecule has 1 aliphatic heterocycles. The van der Waals surface area contributed by atoms with Crippen molar-refractivity contribution in [1.29, 1.82) is 0 Å². The van der Waals surface area contributed by atoms with Crippen LogP contribution >= 0.6 is 23.2 Å². The van der Waals surface area contributed by atoms with E-state index in [-0.39, 0.29) is 5.66 Å². The lowest BCUT2D eigenvalue weighted by Gasteiger charge is -2.26. The minimum absolute atomic E-state index is 0.294. The number of nitrogens with one attached hydrogen (secondary N) is 3. The molecule has 0 radical (unpaired) electrons. The quantitative estimate of drug-likeness (QED) is 0.639. The van der Waals surface area contributed by atoms with E-state index in [9.17, 15) is 0 Å². The van der Waals surface area contributed by atoms with Crippen LogP contribution in [-0.2, 0) is 5.66 Å². The Labute approximate surface area is 145 Å². The first-order valence-electron chi connectivity index (χ1n) is 7.65. The van der Waals surface area contributed by atoms with Crippen molar-refractivity contribution >= 4 is 34.1 Å². The molecule has 2 aromatic carbocycles. The third-order valence-corrected chi connectivity index (χ3v) is 5.04. The van der Waals surface area contributed by atoms with Crippen molar-refractivity contribution in [3.05, 3.63) is 58.1 Å². The maximum atomic E-state index is 6.47. The summed E-state index contributed by atoms with van der Waals surface area (Å²) in [6.45, 7) is 4.04. The molecule has 2 heterocycles. The highest BCUT2D eigenvalue weighted by Crippen LogP contribution is 2.40. The normalized spacial score (nSPS) is 17.0. The van der Waals surface area contributed by atoms with Crippen molar-refractivity contribution < 1.29 is 0 Å². The number of H-pyrrole nitrogens is 1. The molecular formula is C18H17Cl2N3. The molecule has 0 amide bonds. The number of aromatic amines is 1. The molecule has 3 nitrogen and oxygen atoms in total. The summed E-state index contributed by atoms with van der Waals surface area (Å²) in [4.78, 5) is 3.54. The van der Waals surface area contributed by atoms with E-state index in [0.29, 0.717) is 10.0 Å². The van der Waals surface area contributed by atoms with E-state index < -0.39 is 0 Å². The van der Waals surface area contributed by atoms with Gasteiger partial charge in [-0.05, 0) is 31.2 Å². The molecule has 4 rings (SSSR count). The summed E-state index contributed by atoms with van der Waals surface area (Å²) in [7, 11) is 0. The molecule has 3 N–H and O–H groups in total. The second-order valence-electron chi connectivity index (χ2n) is 6.02. The molecule has 1 fully saturated rings. The third kappa shape index (κ3) is 2.45. The minimum atomic E-state index is -0.294. The first kappa shape index (κ1) is 15.0. The van der Waals surface area contributed by atoms with Crippen molar-refractivity contribution in [2.45, 2.75) is 12.6 Å². The van der Waals surface area contributed by atoms with Gasteiger partial charge in [-0.3, -0.25) is 10.6 Å². The summed E-state index contributed by atoms with van der Waals surface area (Å²) in [5.74, 6) is 0. The predicted molar refractivity (Wildman–Crippen MR) is 97.1 cm³/mol. The van der Waals surface area contributed by atoms with Crippen LogP contribution in [0.15, 0.2) is 42.5 Å². The van der Waals surface area contributed by atoms with Crippen molar-refractivity contribution in [1.82, 2.24) is 15.6 Å². The number of benzene rings is 2. The second kappa shape index (κ2) is 5.53. The highest BCUT2D eigenvalue weighted by molar-refractivity contribution is 6.36. The molecule has 0 aliphatic carbocycles. The van der Waals surface area contributed by atoms with Crippen LogP contribution < -0.4 is 10.6 Å². The van der Waals surface area contributed by atoms with Crippen LogP contribution in [0.3, 0.4) is 0 Å². The molecule has 3 aromatic rings. The first-order chi connectivity index (χ1) is 11.1. The molecule has 0 spiro atoms. The number of hydrogen-bond acceptors (Lipinski definition) is 2. The smallest absolute Gasteiger partial charge is 0.0949 e. The number of hydrogen-bond donors (Lipinski definition) is 3. The Morgan fingerprint density at radius 2 is 1.74 bits per heavy atom. The van der Waals surface area contributed by atoms with Gasteiger partial charge in [-0.15, -0.1) is 0 Å². The summed E-state index contributed by atoms with van der Waals surface area (Å²) in [6, 6.07) is 13.9. The molecule has 1 saturated heterocycles. The van der Waals surface area contributed by atoms with Gasteiger partial charge in [0.05, 0.1) is 16.4 Å². The zero-order valence-corrected chi connectivity index (χ0v) is 14.2. The van der Waals surface area contributed by atoms with Gasteiger partial charge in [0.25, 0.3) is 0 Å². The first-order valence-corrected chi connectivity index (χ1v) is 8.41. The lowest BCUT2D eigenvalue weighted by Crippen LogP contribution is -2.43. The average Bonchev–Trinajstić information content (AvgIpc) is 3.11. The molecular weight excluding hydrogens is 329 g/mol. The Morgan fingerprint density at radius 3 is 2.48 bits per heavy atom. The van der Waals surface area contributed by atoms with Crippen LogP contribution in [0.2, 0.25) is 10.0 Å². The van der Waals surface area contributed by atoms with Gasteiger partial charge in [-0.1, -0.05) is 41.4 Å². The molecule has 1 aromatic heterocycles. The average molecular weight is 346 g/mol. The van der Waals surface area contributed by atoms with E-state index >= 15 is 0 Å². The molecule has 0 bridgehead atoms. The SMILES string of the molecule is CC1(c2c(-c3ccc(Cl)cc3Cl)[nH]c3ccccc23)NCCN1. The van der Waals surface area contributed by atoms with Gasteiger partial charge < -0.3 is 4.98 Å². The predicted octanol–water partition coefficient (Wildman–Crippen LogP) is 4.51. The van der Waals surface area contributed by atoms with Crippen molar-refractivity contribution in [3.8, 4) is 11.3 Å². The molecule has 5 heteroatoms. The van der Waals surface area contributed by atoms with Gasteiger partial charge in [0.2, 0.25) is 0 Å². The summed E-state index contributed by atoms with van der Waals surface area (Å²) in [5.41, 5.74) is 3.98. The van der Waals surface area contributed by atoms with E-state index in [1.807, 2.05) is 18.2 Å². The molecule has 0 atom stereocenters.